The van der Waals surface area contributed by atoms with Gasteiger partial charge in [-0.15, -0.1) is 0 Å². The molecule has 1 rings (SSSR count). The summed E-state index contributed by atoms with van der Waals surface area (Å²) in [7, 11) is -2.00. The lowest BCUT2D eigenvalue weighted by atomic mass is 10.5. The second-order valence-corrected chi connectivity index (χ2v) is 5.44. The molecule has 0 aliphatic carbocycles. The monoisotopic (exact) mass is 281 g/mol. The summed E-state index contributed by atoms with van der Waals surface area (Å²) in [6.07, 6.45) is 1.97. The number of rotatable bonds is 7. The van der Waals surface area contributed by atoms with E-state index in [4.69, 9.17) is 16.3 Å². The first kappa shape index (κ1) is 14.4. The van der Waals surface area contributed by atoms with Gasteiger partial charge >= 0.3 is 0 Å². The normalized spacial score (nSPS) is 11.9. The van der Waals surface area contributed by atoms with Gasteiger partial charge in [0.2, 0.25) is 5.03 Å². The largest absolute Gasteiger partial charge is 0.382 e. The number of ether oxygens (including phenoxy) is 1. The third-order valence-electron chi connectivity index (χ3n) is 2.05. The molecule has 0 bridgehead atoms. The minimum absolute atomic E-state index is 0.0994. The van der Waals surface area contributed by atoms with Gasteiger partial charge in [-0.1, -0.05) is 11.6 Å². The summed E-state index contributed by atoms with van der Waals surface area (Å²) in [4.78, 5) is 3.75. The van der Waals surface area contributed by atoms with Crippen LogP contribution in [0.15, 0.2) is 11.4 Å². The number of aryl methyl sites for hydroxylation is 1. The van der Waals surface area contributed by atoms with Crippen LogP contribution in [0.5, 0.6) is 0 Å². The van der Waals surface area contributed by atoms with Crippen molar-refractivity contribution in [1.82, 2.24) is 14.3 Å². The molecule has 0 fully saturated rings. The molecule has 98 valence electrons. The molecule has 0 radical (unpaired) electrons. The molecule has 0 atom stereocenters. The molecule has 1 heterocycles. The van der Waals surface area contributed by atoms with E-state index < -0.39 is 10.0 Å². The lowest BCUT2D eigenvalue weighted by Gasteiger charge is -2.05. The zero-order valence-electron chi connectivity index (χ0n) is 9.81. The van der Waals surface area contributed by atoms with Gasteiger partial charge in [0.05, 0.1) is 6.33 Å². The molecule has 17 heavy (non-hydrogen) atoms. The molecule has 0 aliphatic heterocycles. The third-order valence-corrected chi connectivity index (χ3v) is 4.00. The first-order chi connectivity index (χ1) is 7.99. The van der Waals surface area contributed by atoms with Crippen LogP contribution in [0.3, 0.4) is 0 Å². The first-order valence-corrected chi connectivity index (χ1v) is 7.09. The predicted molar refractivity (Wildman–Crippen MR) is 64.5 cm³/mol. The van der Waals surface area contributed by atoms with Crippen LogP contribution in [-0.4, -0.2) is 37.7 Å². The second-order valence-electron chi connectivity index (χ2n) is 3.40. The van der Waals surface area contributed by atoms with Crippen LogP contribution in [0.1, 0.15) is 13.3 Å². The number of hydrogen-bond donors (Lipinski definition) is 1. The lowest BCUT2D eigenvalue weighted by molar-refractivity contribution is 0.146. The number of aromatic nitrogens is 2. The van der Waals surface area contributed by atoms with Crippen LogP contribution in [0.2, 0.25) is 5.15 Å². The molecule has 0 unspecified atom stereocenters. The summed E-state index contributed by atoms with van der Waals surface area (Å²) in [5, 5.41) is -0.0413. The van der Waals surface area contributed by atoms with Crippen molar-refractivity contribution in [3.63, 3.8) is 0 Å². The maximum atomic E-state index is 11.8. The Kier molecular flexibility index (Phi) is 5.38. The van der Waals surface area contributed by atoms with Crippen molar-refractivity contribution in [3.8, 4) is 0 Å². The Bertz CT molecular complexity index is 458. The van der Waals surface area contributed by atoms with E-state index in [1.165, 1.54) is 10.9 Å². The highest BCUT2D eigenvalue weighted by Crippen LogP contribution is 2.17. The number of sulfonamides is 1. The van der Waals surface area contributed by atoms with Gasteiger partial charge in [0, 0.05) is 26.8 Å². The topological polar surface area (TPSA) is 73.2 Å². The van der Waals surface area contributed by atoms with Crippen molar-refractivity contribution in [1.29, 1.82) is 0 Å². The first-order valence-electron chi connectivity index (χ1n) is 5.23. The summed E-state index contributed by atoms with van der Waals surface area (Å²) in [6, 6.07) is 0. The Hall–Kier alpha value is -0.630. The van der Waals surface area contributed by atoms with Gasteiger partial charge in [-0.2, -0.15) is 0 Å². The Balaban J connectivity index is 2.55. The van der Waals surface area contributed by atoms with Crippen molar-refractivity contribution in [2.24, 2.45) is 7.05 Å². The highest BCUT2D eigenvalue weighted by Gasteiger charge is 2.21. The fourth-order valence-corrected chi connectivity index (χ4v) is 2.67. The minimum atomic E-state index is -3.63. The Morgan fingerprint density at radius 1 is 1.59 bits per heavy atom. The van der Waals surface area contributed by atoms with E-state index in [0.717, 1.165) is 0 Å². The van der Waals surface area contributed by atoms with Crippen molar-refractivity contribution < 1.29 is 13.2 Å². The minimum Gasteiger partial charge on any atom is -0.382 e. The quantitative estimate of drug-likeness (QED) is 0.750. The molecule has 1 aromatic rings. The molecular weight excluding hydrogens is 266 g/mol. The van der Waals surface area contributed by atoms with E-state index in [1.807, 2.05) is 6.92 Å². The van der Waals surface area contributed by atoms with Crippen LogP contribution in [0.25, 0.3) is 0 Å². The van der Waals surface area contributed by atoms with Crippen LogP contribution < -0.4 is 4.72 Å². The summed E-state index contributed by atoms with van der Waals surface area (Å²) in [5.41, 5.74) is 0. The molecule has 0 saturated carbocycles. The Morgan fingerprint density at radius 3 is 2.82 bits per heavy atom. The maximum Gasteiger partial charge on any atom is 0.261 e. The third kappa shape index (κ3) is 3.95. The number of hydrogen-bond acceptors (Lipinski definition) is 4. The number of nitrogens with one attached hydrogen (secondary N) is 1. The van der Waals surface area contributed by atoms with Crippen LogP contribution >= 0.6 is 11.6 Å². The van der Waals surface area contributed by atoms with E-state index in [2.05, 4.69) is 9.71 Å². The zero-order valence-corrected chi connectivity index (χ0v) is 11.4. The fourth-order valence-electron chi connectivity index (χ4n) is 1.17. The van der Waals surface area contributed by atoms with Gasteiger partial charge in [-0.3, -0.25) is 0 Å². The molecule has 1 N–H and O–H groups in total. The van der Waals surface area contributed by atoms with Gasteiger partial charge < -0.3 is 9.30 Å². The SMILES string of the molecule is CCOCCCNS(=O)(=O)c1ncn(C)c1Cl. The molecule has 0 aliphatic rings. The van der Waals surface area contributed by atoms with E-state index >= 15 is 0 Å². The average Bonchev–Trinajstić information content (AvgIpc) is 2.60. The number of nitrogens with zero attached hydrogens (tertiary/aromatic N) is 2. The molecule has 8 heteroatoms. The van der Waals surface area contributed by atoms with Crippen molar-refractivity contribution in [3.05, 3.63) is 11.5 Å². The van der Waals surface area contributed by atoms with Crippen LogP contribution in [0.4, 0.5) is 0 Å². The molecule has 0 saturated heterocycles. The number of imidazole rings is 1. The van der Waals surface area contributed by atoms with Gasteiger partial charge in [-0.05, 0) is 13.3 Å². The molecule has 0 aromatic carbocycles. The van der Waals surface area contributed by atoms with Crippen LogP contribution in [0, 0.1) is 0 Å². The van der Waals surface area contributed by atoms with E-state index in [9.17, 15) is 8.42 Å². The van der Waals surface area contributed by atoms with Crippen molar-refractivity contribution in [2.75, 3.05) is 19.8 Å². The standard InChI is InChI=1S/C9H16ClN3O3S/c1-3-16-6-4-5-12-17(14,15)9-8(10)13(2)7-11-9/h7,12H,3-6H2,1-2H3. The lowest BCUT2D eigenvalue weighted by Crippen LogP contribution is -2.26. The molecule has 6 nitrogen and oxygen atoms in total. The molecule has 1 aromatic heterocycles. The highest BCUT2D eigenvalue weighted by molar-refractivity contribution is 7.89. The van der Waals surface area contributed by atoms with E-state index in [0.29, 0.717) is 26.2 Å². The Labute approximate surface area is 106 Å². The van der Waals surface area contributed by atoms with Crippen molar-refractivity contribution in [2.45, 2.75) is 18.4 Å². The molecular formula is C9H16ClN3O3S. The van der Waals surface area contributed by atoms with Crippen LogP contribution in [-0.2, 0) is 21.8 Å². The average molecular weight is 282 g/mol. The molecule has 0 spiro atoms. The smallest absolute Gasteiger partial charge is 0.261 e. The second kappa shape index (κ2) is 6.34. The van der Waals surface area contributed by atoms with E-state index in [-0.39, 0.29) is 10.2 Å². The Morgan fingerprint density at radius 2 is 2.29 bits per heavy atom. The van der Waals surface area contributed by atoms with Gasteiger partial charge in [0.1, 0.15) is 5.15 Å². The van der Waals surface area contributed by atoms with Gasteiger partial charge in [0.15, 0.2) is 0 Å². The summed E-state index contributed by atoms with van der Waals surface area (Å²) >= 11 is 5.81. The summed E-state index contributed by atoms with van der Waals surface area (Å²) in [5.74, 6) is 0. The zero-order chi connectivity index (χ0) is 12.9. The summed E-state index contributed by atoms with van der Waals surface area (Å²) in [6.45, 7) is 3.33. The highest BCUT2D eigenvalue weighted by atomic mass is 35.5. The fraction of sp³-hybridized carbons (Fsp3) is 0.667. The molecule has 0 amide bonds. The number of halogens is 1. The maximum absolute atomic E-state index is 11.8. The van der Waals surface area contributed by atoms with Gasteiger partial charge in [-0.25, -0.2) is 18.1 Å². The predicted octanol–water partition coefficient (Wildman–Crippen LogP) is 0.778. The summed E-state index contributed by atoms with van der Waals surface area (Å²) < 4.78 is 32.5. The van der Waals surface area contributed by atoms with Gasteiger partial charge in [0.25, 0.3) is 10.0 Å². The van der Waals surface area contributed by atoms with E-state index in [1.54, 1.807) is 7.05 Å². The van der Waals surface area contributed by atoms with Crippen molar-refractivity contribution >= 4 is 21.6 Å².